The van der Waals surface area contributed by atoms with Crippen molar-refractivity contribution >= 4 is 6.21 Å². The molecule has 0 heterocycles. The maximum Gasteiger partial charge on any atom is 0.0221 e. The van der Waals surface area contributed by atoms with Crippen LogP contribution in [0.3, 0.4) is 0 Å². The van der Waals surface area contributed by atoms with Crippen LogP contribution in [0, 0.1) is 5.41 Å². The summed E-state index contributed by atoms with van der Waals surface area (Å²) in [4.78, 5) is 4.12. The van der Waals surface area contributed by atoms with Crippen LogP contribution >= 0.6 is 0 Å². The third-order valence-corrected chi connectivity index (χ3v) is 1.24. The van der Waals surface area contributed by atoms with Crippen LogP contribution in [-0.2, 0) is 0 Å². The number of hydrogen-bond donors (Lipinski definition) is 0. The molecule has 0 saturated heterocycles. The number of nitrogens with zero attached hydrogens (tertiary/aromatic N) is 1. The molecule has 0 aromatic carbocycles. The van der Waals surface area contributed by atoms with Crippen molar-refractivity contribution in [3.63, 3.8) is 0 Å². The molecule has 0 rings (SSSR count). The summed E-state index contributed by atoms with van der Waals surface area (Å²) >= 11 is 0. The molecule has 0 unspecified atom stereocenters. The third kappa shape index (κ3) is 5.59. The lowest BCUT2D eigenvalue weighted by Crippen LogP contribution is -2.07. The summed E-state index contributed by atoms with van der Waals surface area (Å²) in [7, 11) is 0. The highest BCUT2D eigenvalue weighted by Gasteiger charge is 2.07. The molecule has 62 valence electrons. The number of rotatable bonds is 3. The Morgan fingerprint density at radius 2 is 1.73 bits per heavy atom. The second-order valence-electron chi connectivity index (χ2n) is 3.08. The van der Waals surface area contributed by atoms with Gasteiger partial charge in [0.25, 0.3) is 0 Å². The summed E-state index contributed by atoms with van der Waals surface area (Å²) in [6.45, 7) is 8.23. The number of allylic oxidation sites excluding steroid dienone is 3. The molecule has 0 saturated carbocycles. The van der Waals surface area contributed by atoms with Crippen LogP contribution in [0.25, 0.3) is 0 Å². The minimum Gasteiger partial charge on any atom is -0.269 e. The standard InChI is InChI=1S/C10H17N/c1-5-7-10(3,4)9-11-8-6-2/h5-9H,1-4H3/b7-5-,8-6-,11-9?. The lowest BCUT2D eigenvalue weighted by atomic mass is 9.95. The van der Waals surface area contributed by atoms with Gasteiger partial charge in [-0.15, -0.1) is 0 Å². The summed E-state index contributed by atoms with van der Waals surface area (Å²) in [5.74, 6) is 0. The van der Waals surface area contributed by atoms with Crippen molar-refractivity contribution in [1.29, 1.82) is 0 Å². The number of hydrogen-bond acceptors (Lipinski definition) is 1. The maximum atomic E-state index is 4.12. The fourth-order valence-electron chi connectivity index (χ4n) is 0.794. The first kappa shape index (κ1) is 10.2. The Bertz CT molecular complexity index is 173. The zero-order chi connectivity index (χ0) is 8.74. The van der Waals surface area contributed by atoms with E-state index in [1.807, 2.05) is 32.2 Å². The van der Waals surface area contributed by atoms with E-state index < -0.39 is 0 Å². The average Bonchev–Trinajstić information content (AvgIpc) is 1.87. The summed E-state index contributed by atoms with van der Waals surface area (Å²) in [5.41, 5.74) is 0.0776. The predicted molar refractivity (Wildman–Crippen MR) is 51.9 cm³/mol. The Kier molecular flexibility index (Phi) is 4.51. The zero-order valence-corrected chi connectivity index (χ0v) is 7.83. The van der Waals surface area contributed by atoms with Crippen LogP contribution in [0.5, 0.6) is 0 Å². The van der Waals surface area contributed by atoms with Gasteiger partial charge in [0.05, 0.1) is 0 Å². The molecule has 0 spiro atoms. The highest BCUT2D eigenvalue weighted by atomic mass is 14.7. The van der Waals surface area contributed by atoms with Crippen molar-refractivity contribution in [3.05, 3.63) is 24.4 Å². The molecular weight excluding hydrogens is 134 g/mol. The second-order valence-corrected chi connectivity index (χ2v) is 3.08. The van der Waals surface area contributed by atoms with E-state index in [4.69, 9.17) is 0 Å². The molecule has 0 bridgehead atoms. The van der Waals surface area contributed by atoms with Gasteiger partial charge in [-0.2, -0.15) is 0 Å². The predicted octanol–water partition coefficient (Wildman–Crippen LogP) is 3.19. The van der Waals surface area contributed by atoms with Gasteiger partial charge in [-0.25, -0.2) is 0 Å². The molecule has 11 heavy (non-hydrogen) atoms. The molecule has 0 aromatic rings. The van der Waals surface area contributed by atoms with Crippen molar-refractivity contribution in [3.8, 4) is 0 Å². The van der Waals surface area contributed by atoms with Crippen LogP contribution in [0.2, 0.25) is 0 Å². The SMILES string of the molecule is C/C=C\N=CC(C)(C)/C=C\C. The highest BCUT2D eigenvalue weighted by Crippen LogP contribution is 2.13. The van der Waals surface area contributed by atoms with Crippen molar-refractivity contribution in [1.82, 2.24) is 0 Å². The van der Waals surface area contributed by atoms with E-state index in [1.165, 1.54) is 0 Å². The summed E-state index contributed by atoms with van der Waals surface area (Å²) in [6, 6.07) is 0. The molecule has 0 atom stereocenters. The Morgan fingerprint density at radius 3 is 2.18 bits per heavy atom. The van der Waals surface area contributed by atoms with Gasteiger partial charge >= 0.3 is 0 Å². The summed E-state index contributed by atoms with van der Waals surface area (Å²) in [6.07, 6.45) is 9.82. The average molecular weight is 151 g/mol. The van der Waals surface area contributed by atoms with Gasteiger partial charge in [-0.05, 0) is 13.8 Å². The summed E-state index contributed by atoms with van der Waals surface area (Å²) in [5, 5.41) is 0. The van der Waals surface area contributed by atoms with Crippen LogP contribution in [0.15, 0.2) is 29.4 Å². The monoisotopic (exact) mass is 151 g/mol. The van der Waals surface area contributed by atoms with Gasteiger partial charge < -0.3 is 0 Å². The normalized spacial score (nSPS) is 14.2. The molecule has 0 radical (unpaired) electrons. The van der Waals surface area contributed by atoms with Gasteiger partial charge in [0.2, 0.25) is 0 Å². The van der Waals surface area contributed by atoms with E-state index in [-0.39, 0.29) is 5.41 Å². The van der Waals surface area contributed by atoms with E-state index in [9.17, 15) is 0 Å². The van der Waals surface area contributed by atoms with Crippen molar-refractivity contribution in [2.24, 2.45) is 10.4 Å². The van der Waals surface area contributed by atoms with Gasteiger partial charge in [0, 0.05) is 17.8 Å². The Labute approximate surface area is 69.5 Å². The molecular formula is C10H17N. The first-order valence-electron chi connectivity index (χ1n) is 3.92. The Hall–Kier alpha value is -0.850. The number of aliphatic imine (C=N–C) groups is 1. The minimum atomic E-state index is 0.0776. The Morgan fingerprint density at radius 1 is 1.09 bits per heavy atom. The molecule has 0 N–H and O–H groups in total. The lowest BCUT2D eigenvalue weighted by molar-refractivity contribution is 0.692. The maximum absolute atomic E-state index is 4.12. The van der Waals surface area contributed by atoms with Gasteiger partial charge in [0.15, 0.2) is 0 Å². The topological polar surface area (TPSA) is 12.4 Å². The fraction of sp³-hybridized carbons (Fsp3) is 0.500. The third-order valence-electron chi connectivity index (χ3n) is 1.24. The lowest BCUT2D eigenvalue weighted by Gasteiger charge is -2.11. The van der Waals surface area contributed by atoms with Crippen LogP contribution < -0.4 is 0 Å². The largest absolute Gasteiger partial charge is 0.269 e. The fourth-order valence-corrected chi connectivity index (χ4v) is 0.794. The molecule has 1 nitrogen and oxygen atoms in total. The van der Waals surface area contributed by atoms with Crippen LogP contribution in [0.1, 0.15) is 27.7 Å². The van der Waals surface area contributed by atoms with E-state index in [2.05, 4.69) is 24.9 Å². The second kappa shape index (κ2) is 4.89. The van der Waals surface area contributed by atoms with Crippen LogP contribution in [-0.4, -0.2) is 6.21 Å². The highest BCUT2D eigenvalue weighted by molar-refractivity contribution is 5.67. The minimum absolute atomic E-state index is 0.0776. The molecule has 0 aliphatic carbocycles. The smallest absolute Gasteiger partial charge is 0.0221 e. The first-order chi connectivity index (χ1) is 5.12. The van der Waals surface area contributed by atoms with Crippen molar-refractivity contribution in [2.75, 3.05) is 0 Å². The molecule has 0 aliphatic heterocycles. The van der Waals surface area contributed by atoms with E-state index in [0.29, 0.717) is 0 Å². The quantitative estimate of drug-likeness (QED) is 0.434. The molecule has 0 amide bonds. The van der Waals surface area contributed by atoms with Crippen molar-refractivity contribution in [2.45, 2.75) is 27.7 Å². The van der Waals surface area contributed by atoms with Gasteiger partial charge in [-0.3, -0.25) is 4.99 Å². The molecule has 0 fully saturated rings. The van der Waals surface area contributed by atoms with Crippen LogP contribution in [0.4, 0.5) is 0 Å². The summed E-state index contributed by atoms with van der Waals surface area (Å²) < 4.78 is 0. The zero-order valence-electron chi connectivity index (χ0n) is 7.83. The van der Waals surface area contributed by atoms with Gasteiger partial charge in [-0.1, -0.05) is 32.1 Å². The van der Waals surface area contributed by atoms with E-state index in [0.717, 1.165) is 0 Å². The molecule has 0 aromatic heterocycles. The van der Waals surface area contributed by atoms with E-state index in [1.54, 1.807) is 6.20 Å². The van der Waals surface area contributed by atoms with Crippen molar-refractivity contribution < 1.29 is 0 Å². The molecule has 1 heteroatoms. The Balaban J connectivity index is 4.10. The van der Waals surface area contributed by atoms with E-state index >= 15 is 0 Å². The molecule has 0 aliphatic rings. The van der Waals surface area contributed by atoms with Gasteiger partial charge in [0.1, 0.15) is 0 Å². The first-order valence-corrected chi connectivity index (χ1v) is 3.92.